The summed E-state index contributed by atoms with van der Waals surface area (Å²) in [5, 5.41) is 0. The lowest BCUT2D eigenvalue weighted by Gasteiger charge is -2.17. The maximum absolute atomic E-state index is 5.20. The standard InChI is InChI=1S/C6H15O2Si/c1-6(2,3)5-8-9-7-4/h4-5,9H2,1-3H3. The topological polar surface area (TPSA) is 18.5 Å². The molecule has 0 fully saturated rings. The summed E-state index contributed by atoms with van der Waals surface area (Å²) in [5.41, 5.74) is 0.255. The van der Waals surface area contributed by atoms with Crippen LogP contribution in [-0.4, -0.2) is 16.6 Å². The zero-order valence-corrected chi connectivity index (χ0v) is 7.85. The number of hydrogen-bond acceptors (Lipinski definition) is 2. The first kappa shape index (κ1) is 9.14. The van der Waals surface area contributed by atoms with Crippen molar-refractivity contribution in [2.75, 3.05) is 6.61 Å². The minimum atomic E-state index is -0.769. The summed E-state index contributed by atoms with van der Waals surface area (Å²) in [6.07, 6.45) is 0. The van der Waals surface area contributed by atoms with Crippen LogP contribution in [0, 0.1) is 12.5 Å². The van der Waals surface area contributed by atoms with Crippen LogP contribution in [0.15, 0.2) is 0 Å². The molecule has 0 heterocycles. The molecule has 0 aromatic carbocycles. The van der Waals surface area contributed by atoms with Gasteiger partial charge in [0, 0.05) is 6.61 Å². The third-order valence-corrected chi connectivity index (χ3v) is 1.24. The van der Waals surface area contributed by atoms with Crippen LogP contribution in [-0.2, 0) is 8.85 Å². The van der Waals surface area contributed by atoms with E-state index in [1.54, 1.807) is 0 Å². The second-order valence-electron chi connectivity index (χ2n) is 3.23. The summed E-state index contributed by atoms with van der Waals surface area (Å²) in [4.78, 5) is 0. The van der Waals surface area contributed by atoms with E-state index >= 15 is 0 Å². The zero-order chi connectivity index (χ0) is 7.33. The third-order valence-electron chi connectivity index (χ3n) is 0.702. The zero-order valence-electron chi connectivity index (χ0n) is 6.44. The molecule has 0 unspecified atom stereocenters. The molecular weight excluding hydrogens is 132 g/mol. The molecule has 0 rings (SSSR count). The summed E-state index contributed by atoms with van der Waals surface area (Å²) in [6.45, 7) is 7.16. The fourth-order valence-corrected chi connectivity index (χ4v) is 1.22. The Labute approximate surface area is 59.6 Å². The van der Waals surface area contributed by atoms with E-state index in [4.69, 9.17) is 4.43 Å². The fraction of sp³-hybridized carbons (Fsp3) is 0.833. The largest absolute Gasteiger partial charge is 0.398 e. The molecule has 0 amide bonds. The summed E-state index contributed by atoms with van der Waals surface area (Å²) in [5.74, 6) is 0. The van der Waals surface area contributed by atoms with Crippen molar-refractivity contribution < 1.29 is 8.85 Å². The fourth-order valence-electron chi connectivity index (χ4n) is 0.407. The van der Waals surface area contributed by atoms with Gasteiger partial charge >= 0.3 is 10.0 Å². The summed E-state index contributed by atoms with van der Waals surface area (Å²) in [7, 11) is 2.47. The Kier molecular flexibility index (Phi) is 4.09. The van der Waals surface area contributed by atoms with Crippen molar-refractivity contribution >= 4 is 10.0 Å². The third kappa shape index (κ3) is 8.14. The van der Waals surface area contributed by atoms with Gasteiger partial charge in [0.2, 0.25) is 0 Å². The average Bonchev–Trinajstić information content (AvgIpc) is 1.63. The molecule has 0 bridgehead atoms. The Morgan fingerprint density at radius 3 is 2.33 bits per heavy atom. The molecule has 9 heavy (non-hydrogen) atoms. The maximum atomic E-state index is 5.20. The molecule has 55 valence electrons. The second-order valence-corrected chi connectivity index (χ2v) is 4.28. The molecule has 1 radical (unpaired) electrons. The lowest BCUT2D eigenvalue weighted by Crippen LogP contribution is -2.16. The Balaban J connectivity index is 3.07. The van der Waals surface area contributed by atoms with Crippen LogP contribution in [0.4, 0.5) is 0 Å². The first-order chi connectivity index (χ1) is 4.06. The first-order valence-electron chi connectivity index (χ1n) is 3.01. The van der Waals surface area contributed by atoms with E-state index in [2.05, 4.69) is 32.3 Å². The Morgan fingerprint density at radius 2 is 2.00 bits per heavy atom. The van der Waals surface area contributed by atoms with E-state index in [0.717, 1.165) is 6.61 Å². The molecule has 0 aromatic rings. The van der Waals surface area contributed by atoms with Gasteiger partial charge < -0.3 is 8.85 Å². The van der Waals surface area contributed by atoms with Crippen LogP contribution in [0.3, 0.4) is 0 Å². The SMILES string of the molecule is [CH2]O[SiH2]OCC(C)(C)C. The Hall–Kier alpha value is 0.137. The highest BCUT2D eigenvalue weighted by atomic mass is 28.3. The molecule has 0 aliphatic rings. The molecule has 0 N–H and O–H groups in total. The average molecular weight is 147 g/mol. The van der Waals surface area contributed by atoms with Crippen LogP contribution in [0.5, 0.6) is 0 Å². The molecule has 0 saturated carbocycles. The van der Waals surface area contributed by atoms with Crippen LogP contribution < -0.4 is 0 Å². The molecule has 0 aliphatic carbocycles. The van der Waals surface area contributed by atoms with Gasteiger partial charge in [-0.1, -0.05) is 20.8 Å². The summed E-state index contributed by atoms with van der Waals surface area (Å²) >= 11 is 0. The van der Waals surface area contributed by atoms with Gasteiger partial charge in [-0.05, 0) is 5.41 Å². The number of rotatable bonds is 3. The van der Waals surface area contributed by atoms with Gasteiger partial charge in [-0.25, -0.2) is 0 Å². The van der Waals surface area contributed by atoms with Gasteiger partial charge in [-0.3, -0.25) is 0 Å². The van der Waals surface area contributed by atoms with Crippen molar-refractivity contribution in [3.05, 3.63) is 7.11 Å². The van der Waals surface area contributed by atoms with E-state index in [1.807, 2.05) is 0 Å². The molecule has 0 aliphatic heterocycles. The van der Waals surface area contributed by atoms with Crippen LogP contribution in [0.1, 0.15) is 20.8 Å². The molecule has 0 atom stereocenters. The van der Waals surface area contributed by atoms with Crippen molar-refractivity contribution in [2.45, 2.75) is 20.8 Å². The van der Waals surface area contributed by atoms with Crippen molar-refractivity contribution in [1.82, 2.24) is 0 Å². The summed E-state index contributed by atoms with van der Waals surface area (Å²) < 4.78 is 9.81. The van der Waals surface area contributed by atoms with Gasteiger partial charge in [0.25, 0.3) is 0 Å². The van der Waals surface area contributed by atoms with Crippen LogP contribution in [0.2, 0.25) is 0 Å². The van der Waals surface area contributed by atoms with E-state index in [1.165, 1.54) is 0 Å². The molecule has 0 saturated heterocycles. The normalized spacial score (nSPS) is 13.3. The highest BCUT2D eigenvalue weighted by Gasteiger charge is 2.08. The van der Waals surface area contributed by atoms with Gasteiger partial charge in [-0.15, -0.1) is 0 Å². The smallest absolute Gasteiger partial charge is 0.304 e. The second kappa shape index (κ2) is 4.03. The van der Waals surface area contributed by atoms with Crippen molar-refractivity contribution in [2.24, 2.45) is 5.41 Å². The van der Waals surface area contributed by atoms with Crippen molar-refractivity contribution in [1.29, 1.82) is 0 Å². The molecular formula is C6H15O2Si. The van der Waals surface area contributed by atoms with E-state index in [9.17, 15) is 0 Å². The molecule has 0 aromatic heterocycles. The molecule has 2 nitrogen and oxygen atoms in total. The predicted octanol–water partition coefficient (Wildman–Crippen LogP) is 0.856. The van der Waals surface area contributed by atoms with Gasteiger partial charge in [-0.2, -0.15) is 0 Å². The van der Waals surface area contributed by atoms with E-state index < -0.39 is 10.0 Å². The van der Waals surface area contributed by atoms with Gasteiger partial charge in [0.15, 0.2) is 0 Å². The molecule has 0 spiro atoms. The quantitative estimate of drug-likeness (QED) is 0.435. The molecule has 3 heteroatoms. The van der Waals surface area contributed by atoms with E-state index in [0.29, 0.717) is 0 Å². The monoisotopic (exact) mass is 147 g/mol. The Bertz CT molecular complexity index is 67.9. The van der Waals surface area contributed by atoms with Gasteiger partial charge in [0.1, 0.15) is 0 Å². The van der Waals surface area contributed by atoms with E-state index in [-0.39, 0.29) is 5.41 Å². The Morgan fingerprint density at radius 1 is 1.44 bits per heavy atom. The maximum Gasteiger partial charge on any atom is 0.304 e. The van der Waals surface area contributed by atoms with Crippen molar-refractivity contribution in [3.8, 4) is 0 Å². The van der Waals surface area contributed by atoms with Gasteiger partial charge in [0.05, 0.1) is 7.11 Å². The highest BCUT2D eigenvalue weighted by molar-refractivity contribution is 6.17. The lowest BCUT2D eigenvalue weighted by molar-refractivity contribution is 0.178. The lowest BCUT2D eigenvalue weighted by atomic mass is 9.99. The van der Waals surface area contributed by atoms with Crippen LogP contribution in [0.25, 0.3) is 0 Å². The predicted molar refractivity (Wildman–Crippen MR) is 40.4 cm³/mol. The minimum Gasteiger partial charge on any atom is -0.398 e. The summed E-state index contributed by atoms with van der Waals surface area (Å²) in [6, 6.07) is 0. The first-order valence-corrected chi connectivity index (χ1v) is 4.16. The minimum absolute atomic E-state index is 0.255. The number of hydrogen-bond donors (Lipinski definition) is 0. The van der Waals surface area contributed by atoms with Crippen molar-refractivity contribution in [3.63, 3.8) is 0 Å². The van der Waals surface area contributed by atoms with Crippen LogP contribution >= 0.6 is 0 Å². The highest BCUT2D eigenvalue weighted by Crippen LogP contribution is 2.11.